The lowest BCUT2D eigenvalue weighted by Gasteiger charge is -2.18. The van der Waals surface area contributed by atoms with Gasteiger partial charge in [-0.05, 0) is 52.4 Å². The summed E-state index contributed by atoms with van der Waals surface area (Å²) in [5, 5.41) is 5.67. The van der Waals surface area contributed by atoms with Gasteiger partial charge in [0.05, 0.1) is 12.5 Å². The standard InChI is InChI=1S/C17H17IN2O2/c1-12(21)19-16(13-5-3-2-4-6-13)11-17(22)20-15-9-7-14(18)8-10-15/h2-10,16H,11H2,1H3,(H,19,21)(H,20,22)/t16-/m0/s1. The lowest BCUT2D eigenvalue weighted by atomic mass is 10.0. The van der Waals surface area contributed by atoms with Gasteiger partial charge in [0.1, 0.15) is 0 Å². The molecule has 114 valence electrons. The van der Waals surface area contributed by atoms with Gasteiger partial charge in [0.15, 0.2) is 0 Å². The predicted molar refractivity (Wildman–Crippen MR) is 95.4 cm³/mol. The van der Waals surface area contributed by atoms with Crippen molar-refractivity contribution in [2.45, 2.75) is 19.4 Å². The summed E-state index contributed by atoms with van der Waals surface area (Å²) in [6, 6.07) is 16.7. The predicted octanol–water partition coefficient (Wildman–Crippen LogP) is 3.50. The third-order valence-corrected chi connectivity index (χ3v) is 3.82. The number of rotatable bonds is 5. The monoisotopic (exact) mass is 408 g/mol. The zero-order valence-electron chi connectivity index (χ0n) is 12.2. The molecule has 0 aliphatic rings. The van der Waals surface area contributed by atoms with Gasteiger partial charge in [0.2, 0.25) is 11.8 Å². The molecular formula is C17H17IN2O2. The van der Waals surface area contributed by atoms with E-state index < -0.39 is 0 Å². The van der Waals surface area contributed by atoms with Gasteiger partial charge in [0, 0.05) is 16.2 Å². The van der Waals surface area contributed by atoms with Crippen molar-refractivity contribution in [1.29, 1.82) is 0 Å². The van der Waals surface area contributed by atoms with E-state index in [1.54, 1.807) is 0 Å². The number of hydrogen-bond donors (Lipinski definition) is 2. The maximum Gasteiger partial charge on any atom is 0.226 e. The summed E-state index contributed by atoms with van der Waals surface area (Å²) in [5.41, 5.74) is 1.66. The Bertz CT molecular complexity index is 641. The Hall–Kier alpha value is -1.89. The molecular weight excluding hydrogens is 391 g/mol. The highest BCUT2D eigenvalue weighted by Gasteiger charge is 2.16. The van der Waals surface area contributed by atoms with Crippen LogP contribution in [0.2, 0.25) is 0 Å². The van der Waals surface area contributed by atoms with E-state index in [-0.39, 0.29) is 24.3 Å². The van der Waals surface area contributed by atoms with Gasteiger partial charge >= 0.3 is 0 Å². The van der Waals surface area contributed by atoms with Gasteiger partial charge in [-0.25, -0.2) is 0 Å². The smallest absolute Gasteiger partial charge is 0.226 e. The van der Waals surface area contributed by atoms with Gasteiger partial charge in [-0.3, -0.25) is 9.59 Å². The van der Waals surface area contributed by atoms with Crippen LogP contribution < -0.4 is 10.6 Å². The number of benzene rings is 2. The summed E-state index contributed by atoms with van der Waals surface area (Å²) in [5.74, 6) is -0.292. The van der Waals surface area contributed by atoms with Crippen molar-refractivity contribution in [2.24, 2.45) is 0 Å². The van der Waals surface area contributed by atoms with Crippen molar-refractivity contribution in [1.82, 2.24) is 5.32 Å². The van der Waals surface area contributed by atoms with E-state index in [0.717, 1.165) is 14.8 Å². The first-order chi connectivity index (χ1) is 10.5. The molecule has 0 saturated heterocycles. The summed E-state index contributed by atoms with van der Waals surface area (Å²) in [6.07, 6.45) is 0.190. The van der Waals surface area contributed by atoms with E-state index in [9.17, 15) is 9.59 Å². The van der Waals surface area contributed by atoms with Gasteiger partial charge in [-0.2, -0.15) is 0 Å². The van der Waals surface area contributed by atoms with Crippen LogP contribution in [0, 0.1) is 3.57 Å². The molecule has 0 aliphatic carbocycles. The first-order valence-electron chi connectivity index (χ1n) is 6.92. The molecule has 5 heteroatoms. The van der Waals surface area contributed by atoms with Gasteiger partial charge < -0.3 is 10.6 Å². The molecule has 0 unspecified atom stereocenters. The lowest BCUT2D eigenvalue weighted by molar-refractivity contribution is -0.120. The maximum atomic E-state index is 12.2. The van der Waals surface area contributed by atoms with E-state index in [1.807, 2.05) is 54.6 Å². The minimum atomic E-state index is -0.331. The third kappa shape index (κ3) is 5.14. The summed E-state index contributed by atoms with van der Waals surface area (Å²) >= 11 is 2.21. The molecule has 2 amide bonds. The number of hydrogen-bond acceptors (Lipinski definition) is 2. The van der Waals surface area contributed by atoms with Crippen molar-refractivity contribution in [3.05, 3.63) is 63.7 Å². The molecule has 4 nitrogen and oxygen atoms in total. The Balaban J connectivity index is 2.04. The summed E-state index contributed by atoms with van der Waals surface area (Å²) in [4.78, 5) is 23.6. The molecule has 2 N–H and O–H groups in total. The van der Waals surface area contributed by atoms with Crippen LogP contribution in [0.1, 0.15) is 24.9 Å². The summed E-state index contributed by atoms with van der Waals surface area (Å²) in [7, 11) is 0. The average molecular weight is 408 g/mol. The second kappa shape index (κ2) is 7.93. The molecule has 22 heavy (non-hydrogen) atoms. The van der Waals surface area contributed by atoms with Crippen LogP contribution in [0.15, 0.2) is 54.6 Å². The number of anilines is 1. The number of carbonyl (C=O) groups is 2. The van der Waals surface area contributed by atoms with E-state index in [2.05, 4.69) is 33.2 Å². The first kappa shape index (κ1) is 16.5. The SMILES string of the molecule is CC(=O)N[C@@H](CC(=O)Nc1ccc(I)cc1)c1ccccc1. The number of halogens is 1. The molecule has 1 atom stereocenters. The Morgan fingerprint density at radius 3 is 2.27 bits per heavy atom. The minimum absolute atomic E-state index is 0.135. The van der Waals surface area contributed by atoms with Gasteiger partial charge in [0.25, 0.3) is 0 Å². The molecule has 0 fully saturated rings. The zero-order chi connectivity index (χ0) is 15.9. The zero-order valence-corrected chi connectivity index (χ0v) is 14.3. The minimum Gasteiger partial charge on any atom is -0.349 e. The molecule has 0 aliphatic heterocycles. The molecule has 0 aromatic heterocycles. The number of nitrogens with one attached hydrogen (secondary N) is 2. The summed E-state index contributed by atoms with van der Waals surface area (Å²) in [6.45, 7) is 1.45. The molecule has 0 saturated carbocycles. The Morgan fingerprint density at radius 1 is 1.05 bits per heavy atom. The lowest BCUT2D eigenvalue weighted by Crippen LogP contribution is -2.29. The van der Waals surface area contributed by atoms with Crippen molar-refractivity contribution in [2.75, 3.05) is 5.32 Å². The van der Waals surface area contributed by atoms with Crippen LogP contribution in [0.5, 0.6) is 0 Å². The van der Waals surface area contributed by atoms with Crippen LogP contribution in [0.4, 0.5) is 5.69 Å². The Morgan fingerprint density at radius 2 is 1.68 bits per heavy atom. The van der Waals surface area contributed by atoms with Crippen molar-refractivity contribution in [3.63, 3.8) is 0 Å². The van der Waals surface area contributed by atoms with Gasteiger partial charge in [-0.15, -0.1) is 0 Å². The Kier molecular flexibility index (Phi) is 5.94. The topological polar surface area (TPSA) is 58.2 Å². The number of carbonyl (C=O) groups excluding carboxylic acids is 2. The Labute approximate surface area is 143 Å². The maximum absolute atomic E-state index is 12.2. The van der Waals surface area contributed by atoms with Crippen LogP contribution in [-0.2, 0) is 9.59 Å². The molecule has 0 heterocycles. The quantitative estimate of drug-likeness (QED) is 0.745. The molecule has 2 aromatic rings. The van der Waals surface area contributed by atoms with Crippen molar-refractivity contribution >= 4 is 40.1 Å². The van der Waals surface area contributed by atoms with Gasteiger partial charge in [-0.1, -0.05) is 30.3 Å². The highest BCUT2D eigenvalue weighted by Crippen LogP contribution is 2.18. The summed E-state index contributed by atoms with van der Waals surface area (Å²) < 4.78 is 1.11. The second-order valence-electron chi connectivity index (χ2n) is 4.92. The van der Waals surface area contributed by atoms with E-state index >= 15 is 0 Å². The average Bonchev–Trinajstić information content (AvgIpc) is 2.49. The molecule has 2 aromatic carbocycles. The first-order valence-corrected chi connectivity index (χ1v) is 8.00. The highest BCUT2D eigenvalue weighted by atomic mass is 127. The second-order valence-corrected chi connectivity index (χ2v) is 6.17. The molecule has 2 rings (SSSR count). The van der Waals surface area contributed by atoms with Crippen molar-refractivity contribution in [3.8, 4) is 0 Å². The van der Waals surface area contributed by atoms with E-state index in [1.165, 1.54) is 6.92 Å². The van der Waals surface area contributed by atoms with Crippen LogP contribution in [-0.4, -0.2) is 11.8 Å². The fourth-order valence-corrected chi connectivity index (χ4v) is 2.47. The third-order valence-electron chi connectivity index (χ3n) is 3.10. The van der Waals surface area contributed by atoms with E-state index in [0.29, 0.717) is 0 Å². The largest absolute Gasteiger partial charge is 0.349 e. The van der Waals surface area contributed by atoms with Crippen LogP contribution in [0.25, 0.3) is 0 Å². The van der Waals surface area contributed by atoms with Crippen LogP contribution in [0.3, 0.4) is 0 Å². The van der Waals surface area contributed by atoms with E-state index in [4.69, 9.17) is 0 Å². The van der Waals surface area contributed by atoms with Crippen LogP contribution >= 0.6 is 22.6 Å². The normalized spacial score (nSPS) is 11.5. The molecule has 0 bridgehead atoms. The fourth-order valence-electron chi connectivity index (χ4n) is 2.11. The molecule has 0 spiro atoms. The van der Waals surface area contributed by atoms with Crippen molar-refractivity contribution < 1.29 is 9.59 Å². The number of amides is 2. The highest BCUT2D eigenvalue weighted by molar-refractivity contribution is 14.1. The fraction of sp³-hybridized carbons (Fsp3) is 0.176. The molecule has 0 radical (unpaired) electrons.